The lowest BCUT2D eigenvalue weighted by atomic mass is 10.0. The number of nitrogens with two attached hydrogens (primary N) is 1. The molecule has 0 bridgehead atoms. The van der Waals surface area contributed by atoms with Gasteiger partial charge in [0.05, 0.1) is 16.3 Å². The van der Waals surface area contributed by atoms with Crippen molar-refractivity contribution in [3.8, 4) is 0 Å². The average molecular weight is 686 g/mol. The Morgan fingerprint density at radius 1 is 1.00 bits per heavy atom. The standard InChI is InChI=1S/C33H35ClF3N7O4/c34-26-18-21(17-25(29(26)38)33(35,36)37)19-28(30(45)42-15-13-41(14-16-42)23-5-9-39-10-6-23)48-32(47)43-11-7-24(8-12-43)44-20-22-3-1-2-4-27(22)40-31(44)46/h1-6,9-10,17-18,24,28H,7-8,11-16,19-20,38H2,(H,40,46). The van der Waals surface area contributed by atoms with Crippen molar-refractivity contribution in [2.45, 2.75) is 44.1 Å². The third kappa shape index (κ3) is 7.23. The molecule has 3 aliphatic rings. The van der Waals surface area contributed by atoms with Crippen molar-refractivity contribution in [3.05, 3.63) is 82.6 Å². The first kappa shape index (κ1) is 33.2. The van der Waals surface area contributed by atoms with E-state index in [0.29, 0.717) is 45.6 Å². The zero-order valence-corrected chi connectivity index (χ0v) is 26.7. The van der Waals surface area contributed by atoms with Crippen LogP contribution in [-0.2, 0) is 28.7 Å². The van der Waals surface area contributed by atoms with Gasteiger partial charge in [0, 0.05) is 82.0 Å². The number of benzene rings is 2. The molecule has 254 valence electrons. The van der Waals surface area contributed by atoms with E-state index < -0.39 is 35.5 Å². The molecule has 0 saturated carbocycles. The molecule has 48 heavy (non-hydrogen) atoms. The number of alkyl halides is 3. The van der Waals surface area contributed by atoms with E-state index in [2.05, 4.69) is 15.2 Å². The van der Waals surface area contributed by atoms with Crippen molar-refractivity contribution in [2.75, 3.05) is 55.2 Å². The van der Waals surface area contributed by atoms with E-state index in [9.17, 15) is 27.6 Å². The molecule has 2 aromatic carbocycles. The minimum Gasteiger partial charge on any atom is -0.436 e. The second-order valence-corrected chi connectivity index (χ2v) is 12.5. The number of nitrogens with zero attached hydrogens (tertiary/aromatic N) is 5. The molecule has 0 spiro atoms. The Kier molecular flexibility index (Phi) is 9.54. The van der Waals surface area contributed by atoms with Gasteiger partial charge in [-0.2, -0.15) is 13.2 Å². The van der Waals surface area contributed by atoms with Gasteiger partial charge in [-0.3, -0.25) is 9.78 Å². The summed E-state index contributed by atoms with van der Waals surface area (Å²) < 4.78 is 47.0. The highest BCUT2D eigenvalue weighted by Gasteiger charge is 2.38. The van der Waals surface area contributed by atoms with Gasteiger partial charge in [0.1, 0.15) is 0 Å². The maximum absolute atomic E-state index is 13.9. The summed E-state index contributed by atoms with van der Waals surface area (Å²) in [4.78, 5) is 51.1. The van der Waals surface area contributed by atoms with Gasteiger partial charge in [-0.15, -0.1) is 0 Å². The van der Waals surface area contributed by atoms with Gasteiger partial charge in [-0.05, 0) is 54.3 Å². The van der Waals surface area contributed by atoms with Crippen molar-refractivity contribution < 1.29 is 32.3 Å². The fourth-order valence-corrected chi connectivity index (χ4v) is 6.68. The number of likely N-dealkylation sites (tertiary alicyclic amines) is 1. The molecule has 3 aromatic rings. The number of piperidine rings is 1. The van der Waals surface area contributed by atoms with Crippen LogP contribution in [0, 0.1) is 0 Å². The highest BCUT2D eigenvalue weighted by atomic mass is 35.5. The molecule has 4 amide bonds. The second-order valence-electron chi connectivity index (χ2n) is 12.1. The molecule has 1 atom stereocenters. The summed E-state index contributed by atoms with van der Waals surface area (Å²) in [6.07, 6.45) is -2.94. The van der Waals surface area contributed by atoms with Crippen LogP contribution in [0.5, 0.6) is 0 Å². The summed E-state index contributed by atoms with van der Waals surface area (Å²) in [6, 6.07) is 13.1. The van der Waals surface area contributed by atoms with Crippen LogP contribution in [0.1, 0.15) is 29.5 Å². The Morgan fingerprint density at radius 3 is 2.38 bits per heavy atom. The molecule has 6 rings (SSSR count). The molecule has 3 aliphatic heterocycles. The van der Waals surface area contributed by atoms with Crippen LogP contribution in [-0.4, -0.2) is 89.1 Å². The van der Waals surface area contributed by atoms with E-state index in [1.165, 1.54) is 11.0 Å². The lowest BCUT2D eigenvalue weighted by Crippen LogP contribution is -2.54. The monoisotopic (exact) mass is 685 g/mol. The average Bonchev–Trinajstić information content (AvgIpc) is 3.09. The zero-order chi connectivity index (χ0) is 34.0. The minimum absolute atomic E-state index is 0.0539. The van der Waals surface area contributed by atoms with E-state index in [1.54, 1.807) is 22.2 Å². The number of ether oxygens (including phenoxy) is 1. The van der Waals surface area contributed by atoms with Crippen molar-refractivity contribution in [3.63, 3.8) is 0 Å². The number of fused-ring (bicyclic) bond motifs is 1. The van der Waals surface area contributed by atoms with Crippen molar-refractivity contribution in [1.82, 2.24) is 19.7 Å². The van der Waals surface area contributed by atoms with Gasteiger partial charge >= 0.3 is 18.3 Å². The van der Waals surface area contributed by atoms with E-state index in [-0.39, 0.29) is 42.2 Å². The fraction of sp³-hybridized carbons (Fsp3) is 0.394. The van der Waals surface area contributed by atoms with Crippen LogP contribution >= 0.6 is 11.6 Å². The molecular weight excluding hydrogens is 651 g/mol. The smallest absolute Gasteiger partial charge is 0.418 e. The first-order valence-corrected chi connectivity index (χ1v) is 16.1. The highest BCUT2D eigenvalue weighted by Crippen LogP contribution is 2.38. The Bertz CT molecular complexity index is 1660. The van der Waals surface area contributed by atoms with Gasteiger partial charge < -0.3 is 35.4 Å². The number of pyridine rings is 1. The number of hydrogen-bond donors (Lipinski definition) is 2. The summed E-state index contributed by atoms with van der Waals surface area (Å²) in [5.41, 5.74) is 6.66. The van der Waals surface area contributed by atoms with E-state index >= 15 is 0 Å². The van der Waals surface area contributed by atoms with Crippen LogP contribution in [0.25, 0.3) is 0 Å². The lowest BCUT2D eigenvalue weighted by molar-refractivity contribution is -0.141. The second kappa shape index (κ2) is 13.8. The number of amides is 4. The largest absolute Gasteiger partial charge is 0.436 e. The molecule has 11 nitrogen and oxygen atoms in total. The van der Waals surface area contributed by atoms with Crippen molar-refractivity contribution >= 4 is 46.7 Å². The molecule has 2 saturated heterocycles. The first-order chi connectivity index (χ1) is 23.0. The molecule has 0 radical (unpaired) electrons. The lowest BCUT2D eigenvalue weighted by Gasteiger charge is -2.40. The molecule has 15 heteroatoms. The summed E-state index contributed by atoms with van der Waals surface area (Å²) >= 11 is 6.08. The summed E-state index contributed by atoms with van der Waals surface area (Å²) in [5, 5.41) is 2.60. The van der Waals surface area contributed by atoms with E-state index in [4.69, 9.17) is 22.1 Å². The van der Waals surface area contributed by atoms with Gasteiger partial charge in [-0.1, -0.05) is 29.8 Å². The molecular formula is C33H35ClF3N7O4. The van der Waals surface area contributed by atoms with Crippen LogP contribution < -0.4 is 16.0 Å². The summed E-state index contributed by atoms with van der Waals surface area (Å²) in [5.74, 6) is -0.516. The number of rotatable bonds is 6. The Hall–Kier alpha value is -4.72. The fourth-order valence-electron chi connectivity index (χ4n) is 6.44. The topological polar surface area (TPSA) is 124 Å². The number of piperazine rings is 1. The first-order valence-electron chi connectivity index (χ1n) is 15.7. The zero-order valence-electron chi connectivity index (χ0n) is 26.0. The molecule has 0 aliphatic carbocycles. The Labute approximate surface area is 280 Å². The predicted molar refractivity (Wildman–Crippen MR) is 173 cm³/mol. The van der Waals surface area contributed by atoms with E-state index in [0.717, 1.165) is 23.0 Å². The number of nitrogens with one attached hydrogen (secondary N) is 1. The minimum atomic E-state index is -4.78. The Morgan fingerprint density at radius 2 is 1.69 bits per heavy atom. The van der Waals surface area contributed by atoms with Gasteiger partial charge in [0.25, 0.3) is 5.91 Å². The number of carbonyl (C=O) groups excluding carboxylic acids is 3. The number of hydrogen-bond acceptors (Lipinski definition) is 7. The maximum Gasteiger partial charge on any atom is 0.418 e. The van der Waals surface area contributed by atoms with Gasteiger partial charge in [0.15, 0.2) is 6.10 Å². The maximum atomic E-state index is 13.9. The molecule has 1 unspecified atom stereocenters. The number of para-hydroxylation sites is 1. The number of halogens is 4. The third-order valence-corrected chi connectivity index (χ3v) is 9.39. The van der Waals surface area contributed by atoms with Gasteiger partial charge in [-0.25, -0.2) is 9.59 Å². The number of aromatic nitrogens is 1. The number of carbonyl (C=O) groups is 3. The molecule has 1 aromatic heterocycles. The third-order valence-electron chi connectivity index (χ3n) is 9.08. The molecule has 2 fully saturated rings. The van der Waals surface area contributed by atoms with E-state index in [1.807, 2.05) is 36.4 Å². The van der Waals surface area contributed by atoms with Crippen LogP contribution in [0.15, 0.2) is 60.9 Å². The highest BCUT2D eigenvalue weighted by molar-refractivity contribution is 6.33. The number of urea groups is 1. The Balaban J connectivity index is 1.14. The van der Waals surface area contributed by atoms with Crippen LogP contribution in [0.4, 0.5) is 39.8 Å². The number of anilines is 3. The SMILES string of the molecule is Nc1c(Cl)cc(CC(OC(=O)N2CCC(N3Cc4ccccc4NC3=O)CC2)C(=O)N2CCN(c3ccncc3)CC2)cc1C(F)(F)F. The van der Waals surface area contributed by atoms with Crippen molar-refractivity contribution in [2.24, 2.45) is 0 Å². The van der Waals surface area contributed by atoms with Crippen LogP contribution in [0.3, 0.4) is 0 Å². The summed E-state index contributed by atoms with van der Waals surface area (Å²) in [7, 11) is 0. The van der Waals surface area contributed by atoms with Gasteiger partial charge in [0.2, 0.25) is 0 Å². The van der Waals surface area contributed by atoms with Crippen LogP contribution in [0.2, 0.25) is 5.02 Å². The number of nitrogen functional groups attached to an aromatic ring is 1. The molecule has 3 N–H and O–H groups in total. The molecule has 4 heterocycles. The predicted octanol–water partition coefficient (Wildman–Crippen LogP) is 5.24. The van der Waals surface area contributed by atoms with Crippen molar-refractivity contribution in [1.29, 1.82) is 0 Å². The quantitative estimate of drug-likeness (QED) is 0.340. The normalized spacial score (nSPS) is 17.9. The summed E-state index contributed by atoms with van der Waals surface area (Å²) in [6.45, 7) is 2.63.